The zero-order valence-corrected chi connectivity index (χ0v) is 10.8. The third-order valence-corrected chi connectivity index (χ3v) is 4.78. The Morgan fingerprint density at radius 3 is 2.40 bits per heavy atom. The number of hydrogen-bond acceptors (Lipinski definition) is 3. The molecule has 1 N–H and O–H groups in total. The Morgan fingerprint density at radius 2 is 1.95 bits per heavy atom. The predicted molar refractivity (Wildman–Crippen MR) is 64.2 cm³/mol. The number of aromatic carboxylic acids is 1. The molecule has 1 heterocycles. The molecule has 0 atom stereocenters. The van der Waals surface area contributed by atoms with Gasteiger partial charge in [0.2, 0.25) is 10.0 Å². The standard InChI is InChI=1S/C11H10F3NO4S/c12-11(13,14)7-2-3-9(8(6-7)10(16)17)15-4-1-5-20(15,18)19/h2-3,6H,1,4-5H2,(H,16,17). The number of sulfonamides is 1. The van der Waals surface area contributed by atoms with Crippen LogP contribution in [0.2, 0.25) is 0 Å². The molecule has 0 spiro atoms. The van der Waals surface area contributed by atoms with Gasteiger partial charge in [-0.25, -0.2) is 13.2 Å². The number of alkyl halides is 3. The van der Waals surface area contributed by atoms with Crippen LogP contribution in [0.5, 0.6) is 0 Å². The molecule has 2 rings (SSSR count). The Morgan fingerprint density at radius 1 is 1.30 bits per heavy atom. The molecule has 9 heteroatoms. The summed E-state index contributed by atoms with van der Waals surface area (Å²) in [5.41, 5.74) is -2.04. The highest BCUT2D eigenvalue weighted by Gasteiger charge is 2.35. The Kier molecular flexibility index (Phi) is 3.41. The third-order valence-electron chi connectivity index (χ3n) is 2.92. The molecule has 5 nitrogen and oxygen atoms in total. The van der Waals surface area contributed by atoms with Crippen LogP contribution < -0.4 is 4.31 Å². The van der Waals surface area contributed by atoms with Crippen molar-refractivity contribution in [1.29, 1.82) is 0 Å². The Labute approximate surface area is 112 Å². The predicted octanol–water partition coefficient (Wildman–Crippen LogP) is 1.94. The maximum atomic E-state index is 12.6. The largest absolute Gasteiger partial charge is 0.478 e. The minimum atomic E-state index is -4.69. The summed E-state index contributed by atoms with van der Waals surface area (Å²) >= 11 is 0. The van der Waals surface area contributed by atoms with Gasteiger partial charge >= 0.3 is 12.1 Å². The van der Waals surface area contributed by atoms with Gasteiger partial charge in [-0.2, -0.15) is 13.2 Å². The van der Waals surface area contributed by atoms with E-state index in [9.17, 15) is 26.4 Å². The number of carboxylic acids is 1. The number of benzene rings is 1. The van der Waals surface area contributed by atoms with Crippen LogP contribution >= 0.6 is 0 Å². The maximum Gasteiger partial charge on any atom is 0.416 e. The van der Waals surface area contributed by atoms with Crippen LogP contribution in [0.1, 0.15) is 22.3 Å². The minimum absolute atomic E-state index is 0.0635. The highest BCUT2D eigenvalue weighted by Crippen LogP contribution is 2.34. The van der Waals surface area contributed by atoms with Crippen molar-refractivity contribution in [2.24, 2.45) is 0 Å². The van der Waals surface area contributed by atoms with E-state index in [0.29, 0.717) is 18.6 Å². The lowest BCUT2D eigenvalue weighted by Crippen LogP contribution is -2.27. The molecule has 0 radical (unpaired) electrons. The summed E-state index contributed by atoms with van der Waals surface area (Å²) in [6.07, 6.45) is -4.38. The van der Waals surface area contributed by atoms with Crippen LogP contribution in [0, 0.1) is 0 Å². The van der Waals surface area contributed by atoms with Crippen molar-refractivity contribution in [3.63, 3.8) is 0 Å². The Hall–Kier alpha value is -1.77. The molecule has 0 bridgehead atoms. The number of carbonyl (C=O) groups is 1. The second-order valence-electron chi connectivity index (χ2n) is 4.28. The molecule has 0 aliphatic carbocycles. The minimum Gasteiger partial charge on any atom is -0.478 e. The van der Waals surface area contributed by atoms with Crippen LogP contribution in [0.25, 0.3) is 0 Å². The van der Waals surface area contributed by atoms with Crippen molar-refractivity contribution in [2.45, 2.75) is 12.6 Å². The zero-order valence-electron chi connectivity index (χ0n) is 10.0. The first kappa shape index (κ1) is 14.6. The van der Waals surface area contributed by atoms with Crippen molar-refractivity contribution < 1.29 is 31.5 Å². The molecule has 20 heavy (non-hydrogen) atoms. The molecule has 110 valence electrons. The first-order valence-electron chi connectivity index (χ1n) is 5.58. The summed E-state index contributed by atoms with van der Waals surface area (Å²) in [5.74, 6) is -1.75. The van der Waals surface area contributed by atoms with Gasteiger partial charge in [0.25, 0.3) is 0 Å². The summed E-state index contributed by atoms with van der Waals surface area (Å²) in [6, 6.07) is 2.01. The van der Waals surface area contributed by atoms with Gasteiger partial charge in [-0.1, -0.05) is 0 Å². The molecule has 0 unspecified atom stereocenters. The molecule has 1 aromatic rings. The summed E-state index contributed by atoms with van der Waals surface area (Å²) in [7, 11) is -3.66. The first-order chi connectivity index (χ1) is 9.13. The summed E-state index contributed by atoms with van der Waals surface area (Å²) in [6.45, 7) is 0.0635. The number of halogens is 3. The number of rotatable bonds is 2. The molecule has 0 saturated carbocycles. The molecular weight excluding hydrogens is 299 g/mol. The van der Waals surface area contributed by atoms with Gasteiger partial charge in [0.15, 0.2) is 0 Å². The number of nitrogens with zero attached hydrogens (tertiary/aromatic N) is 1. The Bertz CT molecular complexity index is 654. The molecule has 1 saturated heterocycles. The van der Waals surface area contributed by atoms with Gasteiger partial charge in [0, 0.05) is 6.54 Å². The van der Waals surface area contributed by atoms with Crippen molar-refractivity contribution >= 4 is 21.7 Å². The van der Waals surface area contributed by atoms with Gasteiger partial charge in [-0.15, -0.1) is 0 Å². The lowest BCUT2D eigenvalue weighted by molar-refractivity contribution is -0.137. The Balaban J connectivity index is 2.57. The summed E-state index contributed by atoms with van der Waals surface area (Å²) in [5, 5.41) is 9.00. The maximum absolute atomic E-state index is 12.6. The van der Waals surface area contributed by atoms with Gasteiger partial charge < -0.3 is 5.11 Å². The molecule has 1 fully saturated rings. The number of hydrogen-bond donors (Lipinski definition) is 1. The van der Waals surface area contributed by atoms with Gasteiger partial charge in [-0.3, -0.25) is 4.31 Å². The van der Waals surface area contributed by atoms with E-state index in [1.165, 1.54) is 0 Å². The van der Waals surface area contributed by atoms with Crippen molar-refractivity contribution in [3.05, 3.63) is 29.3 Å². The van der Waals surface area contributed by atoms with Gasteiger partial charge in [0.05, 0.1) is 22.6 Å². The fourth-order valence-corrected chi connectivity index (χ4v) is 3.59. The average Bonchev–Trinajstić information content (AvgIpc) is 2.66. The van der Waals surface area contributed by atoms with Crippen molar-refractivity contribution in [2.75, 3.05) is 16.6 Å². The molecule has 0 aromatic heterocycles. The monoisotopic (exact) mass is 309 g/mol. The summed E-state index contributed by atoms with van der Waals surface area (Å²) in [4.78, 5) is 11.1. The van der Waals surface area contributed by atoms with Crippen molar-refractivity contribution in [3.8, 4) is 0 Å². The molecule has 0 amide bonds. The van der Waals surface area contributed by atoms with Gasteiger partial charge in [-0.05, 0) is 24.6 Å². The second-order valence-corrected chi connectivity index (χ2v) is 6.29. The molecule has 1 aliphatic heterocycles. The van der Waals surface area contributed by atoms with E-state index in [-0.39, 0.29) is 18.0 Å². The normalized spacial score (nSPS) is 18.2. The topological polar surface area (TPSA) is 74.7 Å². The molecule has 1 aromatic carbocycles. The number of anilines is 1. The van der Waals surface area contributed by atoms with Crippen LogP contribution in [0.15, 0.2) is 18.2 Å². The first-order valence-corrected chi connectivity index (χ1v) is 7.19. The van der Waals surface area contributed by atoms with E-state index < -0.39 is 33.3 Å². The second kappa shape index (κ2) is 4.65. The fraction of sp³-hybridized carbons (Fsp3) is 0.364. The van der Waals surface area contributed by atoms with Crippen LogP contribution in [0.3, 0.4) is 0 Å². The van der Waals surface area contributed by atoms with Crippen LogP contribution in [-0.4, -0.2) is 31.8 Å². The quantitative estimate of drug-likeness (QED) is 0.906. The zero-order chi connectivity index (χ0) is 15.1. The van der Waals surface area contributed by atoms with E-state index in [2.05, 4.69) is 0 Å². The lowest BCUT2D eigenvalue weighted by atomic mass is 10.1. The van der Waals surface area contributed by atoms with E-state index in [1.54, 1.807) is 0 Å². The van der Waals surface area contributed by atoms with Crippen molar-refractivity contribution in [1.82, 2.24) is 0 Å². The van der Waals surface area contributed by atoms with E-state index in [0.717, 1.165) is 10.4 Å². The van der Waals surface area contributed by atoms with E-state index in [4.69, 9.17) is 5.11 Å². The van der Waals surface area contributed by atoms with E-state index >= 15 is 0 Å². The van der Waals surface area contributed by atoms with E-state index in [1.807, 2.05) is 0 Å². The van der Waals surface area contributed by atoms with Crippen LogP contribution in [0.4, 0.5) is 18.9 Å². The highest BCUT2D eigenvalue weighted by atomic mass is 32.2. The third kappa shape index (κ3) is 2.58. The molecule has 1 aliphatic rings. The SMILES string of the molecule is O=C(O)c1cc(C(F)(F)F)ccc1N1CCCS1(=O)=O. The summed E-state index contributed by atoms with van der Waals surface area (Å²) < 4.78 is 62.0. The number of carboxylic acid groups (broad SMARTS) is 1. The lowest BCUT2D eigenvalue weighted by Gasteiger charge is -2.20. The highest BCUT2D eigenvalue weighted by molar-refractivity contribution is 7.93. The average molecular weight is 309 g/mol. The fourth-order valence-electron chi connectivity index (χ4n) is 2.01. The van der Waals surface area contributed by atoms with Crippen LogP contribution in [-0.2, 0) is 16.2 Å². The molecular formula is C11H10F3NO4S. The van der Waals surface area contributed by atoms with Gasteiger partial charge in [0.1, 0.15) is 0 Å². The smallest absolute Gasteiger partial charge is 0.416 e.